The molecular formula is C20H14O5. The van der Waals surface area contributed by atoms with Crippen LogP contribution in [0.3, 0.4) is 0 Å². The van der Waals surface area contributed by atoms with E-state index in [1.54, 1.807) is 60.7 Å². The zero-order chi connectivity index (χ0) is 17.6. The van der Waals surface area contributed by atoms with E-state index < -0.39 is 11.9 Å². The third-order valence-electron chi connectivity index (χ3n) is 3.36. The molecule has 0 aliphatic heterocycles. The lowest BCUT2D eigenvalue weighted by molar-refractivity contribution is 0.0717. The highest BCUT2D eigenvalue weighted by Crippen LogP contribution is 2.22. The van der Waals surface area contributed by atoms with E-state index in [9.17, 15) is 14.7 Å². The molecule has 3 rings (SSSR count). The first-order valence-electron chi connectivity index (χ1n) is 7.51. The first-order valence-corrected chi connectivity index (χ1v) is 7.51. The lowest BCUT2D eigenvalue weighted by Crippen LogP contribution is -2.11. The topological polar surface area (TPSA) is 72.8 Å². The molecule has 0 aliphatic carbocycles. The first kappa shape index (κ1) is 16.3. The molecule has 124 valence electrons. The average molecular weight is 334 g/mol. The molecule has 5 heteroatoms. The van der Waals surface area contributed by atoms with Gasteiger partial charge in [-0.1, -0.05) is 36.4 Å². The lowest BCUT2D eigenvalue weighted by Gasteiger charge is -2.08. The number of esters is 2. The van der Waals surface area contributed by atoms with Crippen molar-refractivity contribution in [1.82, 2.24) is 0 Å². The SMILES string of the molecule is O=C(Oc1ccccc1)c1ccc(C(=O)Oc2ccccc2)c(O)c1. The summed E-state index contributed by atoms with van der Waals surface area (Å²) in [5.74, 6) is -0.960. The van der Waals surface area contributed by atoms with E-state index in [0.717, 1.165) is 0 Å². The summed E-state index contributed by atoms with van der Waals surface area (Å²) in [5, 5.41) is 10.0. The second-order valence-corrected chi connectivity index (χ2v) is 5.14. The summed E-state index contributed by atoms with van der Waals surface area (Å²) < 4.78 is 10.3. The summed E-state index contributed by atoms with van der Waals surface area (Å²) in [6, 6.07) is 21.0. The van der Waals surface area contributed by atoms with Crippen molar-refractivity contribution in [1.29, 1.82) is 0 Å². The van der Waals surface area contributed by atoms with Crippen molar-refractivity contribution in [3.63, 3.8) is 0 Å². The standard InChI is InChI=1S/C20H14O5/c21-18-13-14(19(22)24-15-7-3-1-4-8-15)11-12-17(18)20(23)25-16-9-5-2-6-10-16/h1-13,21H. The van der Waals surface area contributed by atoms with Crippen LogP contribution in [0.1, 0.15) is 20.7 Å². The zero-order valence-electron chi connectivity index (χ0n) is 13.1. The second-order valence-electron chi connectivity index (χ2n) is 5.14. The van der Waals surface area contributed by atoms with Crippen LogP contribution < -0.4 is 9.47 Å². The summed E-state index contributed by atoms with van der Waals surface area (Å²) in [6.07, 6.45) is 0. The molecule has 0 heterocycles. The highest BCUT2D eigenvalue weighted by Gasteiger charge is 2.17. The van der Waals surface area contributed by atoms with E-state index in [-0.39, 0.29) is 16.9 Å². The molecule has 0 fully saturated rings. The van der Waals surface area contributed by atoms with Crippen LogP contribution in [0.2, 0.25) is 0 Å². The fourth-order valence-electron chi connectivity index (χ4n) is 2.14. The minimum atomic E-state index is -0.716. The normalized spacial score (nSPS) is 10.1. The number of phenols is 1. The summed E-state index contributed by atoms with van der Waals surface area (Å²) in [4.78, 5) is 24.2. The molecule has 0 bridgehead atoms. The van der Waals surface area contributed by atoms with Gasteiger partial charge in [-0.3, -0.25) is 0 Å². The quantitative estimate of drug-likeness (QED) is 0.580. The third-order valence-corrected chi connectivity index (χ3v) is 3.36. The highest BCUT2D eigenvalue weighted by molar-refractivity contribution is 5.97. The fourth-order valence-corrected chi connectivity index (χ4v) is 2.14. The largest absolute Gasteiger partial charge is 0.507 e. The van der Waals surface area contributed by atoms with Gasteiger partial charge in [-0.05, 0) is 42.5 Å². The number of benzene rings is 3. The zero-order valence-corrected chi connectivity index (χ0v) is 13.1. The Kier molecular flexibility index (Phi) is 4.76. The fraction of sp³-hybridized carbons (Fsp3) is 0. The number of ether oxygens (including phenoxy) is 2. The van der Waals surface area contributed by atoms with Crippen LogP contribution >= 0.6 is 0 Å². The number of aromatic hydroxyl groups is 1. The Morgan fingerprint density at radius 3 is 1.72 bits per heavy atom. The average Bonchev–Trinajstić information content (AvgIpc) is 2.63. The van der Waals surface area contributed by atoms with E-state index in [0.29, 0.717) is 11.5 Å². The molecule has 0 radical (unpaired) electrons. The molecule has 0 spiro atoms. The van der Waals surface area contributed by atoms with Crippen molar-refractivity contribution in [3.8, 4) is 17.2 Å². The first-order chi connectivity index (χ1) is 12.1. The van der Waals surface area contributed by atoms with E-state index in [1.807, 2.05) is 0 Å². The number of phenolic OH excluding ortho intramolecular Hbond substituents is 1. The van der Waals surface area contributed by atoms with Gasteiger partial charge in [0.25, 0.3) is 0 Å². The summed E-state index contributed by atoms with van der Waals surface area (Å²) in [7, 11) is 0. The number of para-hydroxylation sites is 2. The molecular weight excluding hydrogens is 320 g/mol. The van der Waals surface area contributed by atoms with Gasteiger partial charge in [-0.25, -0.2) is 9.59 Å². The van der Waals surface area contributed by atoms with Gasteiger partial charge in [-0.15, -0.1) is 0 Å². The molecule has 0 aliphatic rings. The molecule has 3 aromatic carbocycles. The Bertz CT molecular complexity index is 888. The maximum atomic E-state index is 12.1. The van der Waals surface area contributed by atoms with Crippen molar-refractivity contribution in [2.45, 2.75) is 0 Å². The van der Waals surface area contributed by atoms with Gasteiger partial charge in [0.1, 0.15) is 22.8 Å². The molecule has 0 saturated heterocycles. The van der Waals surface area contributed by atoms with Crippen molar-refractivity contribution >= 4 is 11.9 Å². The van der Waals surface area contributed by atoms with Crippen LogP contribution in [-0.2, 0) is 0 Å². The number of carbonyl (C=O) groups excluding carboxylic acids is 2. The maximum Gasteiger partial charge on any atom is 0.347 e. The van der Waals surface area contributed by atoms with E-state index in [2.05, 4.69) is 0 Å². The van der Waals surface area contributed by atoms with Gasteiger partial charge in [-0.2, -0.15) is 0 Å². The number of carbonyl (C=O) groups is 2. The Morgan fingerprint density at radius 2 is 1.20 bits per heavy atom. The van der Waals surface area contributed by atoms with Crippen LogP contribution in [0.15, 0.2) is 78.9 Å². The van der Waals surface area contributed by atoms with E-state index in [4.69, 9.17) is 9.47 Å². The Balaban J connectivity index is 1.74. The van der Waals surface area contributed by atoms with Crippen LogP contribution in [-0.4, -0.2) is 17.0 Å². The number of hydrogen-bond donors (Lipinski definition) is 1. The van der Waals surface area contributed by atoms with Gasteiger partial charge in [0.15, 0.2) is 0 Å². The van der Waals surface area contributed by atoms with Crippen molar-refractivity contribution in [2.75, 3.05) is 0 Å². The van der Waals surface area contributed by atoms with Gasteiger partial charge in [0.05, 0.1) is 5.56 Å². The predicted molar refractivity (Wildman–Crippen MR) is 90.9 cm³/mol. The molecule has 3 aromatic rings. The lowest BCUT2D eigenvalue weighted by atomic mass is 10.1. The maximum absolute atomic E-state index is 12.1. The minimum absolute atomic E-state index is 0.0416. The van der Waals surface area contributed by atoms with E-state index in [1.165, 1.54) is 18.2 Å². The Hall–Kier alpha value is -3.60. The molecule has 0 saturated carbocycles. The second kappa shape index (κ2) is 7.31. The van der Waals surface area contributed by atoms with E-state index >= 15 is 0 Å². The molecule has 1 N–H and O–H groups in total. The summed E-state index contributed by atoms with van der Waals surface area (Å²) in [5.41, 5.74) is 0.0812. The monoisotopic (exact) mass is 334 g/mol. The minimum Gasteiger partial charge on any atom is -0.507 e. The molecule has 0 atom stereocenters. The number of hydrogen-bond acceptors (Lipinski definition) is 5. The van der Waals surface area contributed by atoms with Crippen LogP contribution in [0, 0.1) is 0 Å². The van der Waals surface area contributed by atoms with Gasteiger partial charge in [0, 0.05) is 0 Å². The number of rotatable bonds is 4. The predicted octanol–water partition coefficient (Wildman–Crippen LogP) is 3.83. The van der Waals surface area contributed by atoms with Crippen molar-refractivity contribution in [2.24, 2.45) is 0 Å². The van der Waals surface area contributed by atoms with Gasteiger partial charge in [0.2, 0.25) is 0 Å². The van der Waals surface area contributed by atoms with Gasteiger partial charge < -0.3 is 14.6 Å². The van der Waals surface area contributed by atoms with Gasteiger partial charge >= 0.3 is 11.9 Å². The highest BCUT2D eigenvalue weighted by atomic mass is 16.5. The summed E-state index contributed by atoms with van der Waals surface area (Å²) in [6.45, 7) is 0. The van der Waals surface area contributed by atoms with Crippen molar-refractivity contribution < 1.29 is 24.2 Å². The third kappa shape index (κ3) is 4.03. The van der Waals surface area contributed by atoms with Crippen LogP contribution in [0.5, 0.6) is 17.2 Å². The van der Waals surface area contributed by atoms with Crippen LogP contribution in [0.4, 0.5) is 0 Å². The molecule has 0 aromatic heterocycles. The van der Waals surface area contributed by atoms with Crippen LogP contribution in [0.25, 0.3) is 0 Å². The summed E-state index contributed by atoms with van der Waals surface area (Å²) >= 11 is 0. The molecule has 5 nitrogen and oxygen atoms in total. The Labute approximate surface area is 144 Å². The van der Waals surface area contributed by atoms with Crippen molar-refractivity contribution in [3.05, 3.63) is 90.0 Å². The molecule has 0 unspecified atom stereocenters. The smallest absolute Gasteiger partial charge is 0.347 e. The molecule has 0 amide bonds. The molecule has 25 heavy (non-hydrogen) atoms. The Morgan fingerprint density at radius 1 is 0.680 bits per heavy atom.